The van der Waals surface area contributed by atoms with E-state index in [2.05, 4.69) is 0 Å². The van der Waals surface area contributed by atoms with E-state index in [9.17, 15) is 4.79 Å². The molecule has 1 fully saturated rings. The number of amides is 1. The molecule has 3 nitrogen and oxygen atoms in total. The third-order valence-corrected chi connectivity index (χ3v) is 2.71. The minimum absolute atomic E-state index is 0.119. The fourth-order valence-corrected chi connectivity index (χ4v) is 2.15. The Morgan fingerprint density at radius 2 is 2.27 bits per heavy atom. The third kappa shape index (κ3) is 3.99. The van der Waals surface area contributed by atoms with E-state index in [-0.39, 0.29) is 17.6 Å². The van der Waals surface area contributed by atoms with Crippen LogP contribution in [0.4, 0.5) is 0 Å². The molecule has 1 aliphatic heterocycles. The number of hydrogen-bond acceptors (Lipinski definition) is 2. The second-order valence-electron chi connectivity index (χ2n) is 4.75. The summed E-state index contributed by atoms with van der Waals surface area (Å²) in [5.74, 6) is 0.744. The summed E-state index contributed by atoms with van der Waals surface area (Å²) in [6, 6.07) is 0. The van der Waals surface area contributed by atoms with Crippen molar-refractivity contribution in [3.63, 3.8) is 0 Å². The van der Waals surface area contributed by atoms with Crippen LogP contribution in [0.5, 0.6) is 0 Å². The van der Waals surface area contributed by atoms with Crippen molar-refractivity contribution in [3.05, 3.63) is 0 Å². The van der Waals surface area contributed by atoms with Gasteiger partial charge in [0.15, 0.2) is 0 Å². The number of nitrogens with zero attached hydrogens (tertiary/aromatic N) is 1. The Kier molecular flexibility index (Phi) is 4.41. The van der Waals surface area contributed by atoms with Gasteiger partial charge in [-0.2, -0.15) is 0 Å². The second kappa shape index (κ2) is 5.17. The molecule has 0 spiro atoms. The van der Waals surface area contributed by atoms with Crippen molar-refractivity contribution < 1.29 is 9.53 Å². The molecular formula is C11H20ClNO2. The van der Waals surface area contributed by atoms with Crippen LogP contribution in [-0.4, -0.2) is 41.5 Å². The molecule has 4 heteroatoms. The Hall–Kier alpha value is -0.280. The first-order chi connectivity index (χ1) is 6.94. The van der Waals surface area contributed by atoms with Gasteiger partial charge >= 0.3 is 0 Å². The van der Waals surface area contributed by atoms with Crippen molar-refractivity contribution in [2.75, 3.05) is 19.0 Å². The molecule has 0 N–H and O–H groups in total. The molecule has 0 aromatic carbocycles. The Morgan fingerprint density at radius 3 is 2.80 bits per heavy atom. The molecule has 1 rings (SSSR count). The maximum Gasteiger partial charge on any atom is 0.222 e. The second-order valence-corrected chi connectivity index (χ2v) is 5.13. The number of hydrogen-bond donors (Lipinski definition) is 0. The molecule has 1 amide bonds. The van der Waals surface area contributed by atoms with Gasteiger partial charge in [0, 0.05) is 25.4 Å². The Morgan fingerprint density at radius 1 is 1.60 bits per heavy atom. The van der Waals surface area contributed by atoms with Crippen molar-refractivity contribution >= 4 is 17.5 Å². The topological polar surface area (TPSA) is 29.5 Å². The summed E-state index contributed by atoms with van der Waals surface area (Å²) in [5, 5.41) is 0. The van der Waals surface area contributed by atoms with Crippen LogP contribution < -0.4 is 0 Å². The average Bonchev–Trinajstić information content (AvgIpc) is 2.10. The first-order valence-corrected chi connectivity index (χ1v) is 5.99. The van der Waals surface area contributed by atoms with E-state index >= 15 is 0 Å². The van der Waals surface area contributed by atoms with Crippen LogP contribution >= 0.6 is 11.6 Å². The molecule has 0 radical (unpaired) electrons. The zero-order chi connectivity index (χ0) is 11.5. The van der Waals surface area contributed by atoms with Crippen molar-refractivity contribution in [1.29, 1.82) is 0 Å². The Bertz CT molecular complexity index is 231. The fourth-order valence-electron chi connectivity index (χ4n) is 2.02. The van der Waals surface area contributed by atoms with E-state index in [4.69, 9.17) is 16.3 Å². The zero-order valence-corrected chi connectivity index (χ0v) is 10.5. The Balaban J connectivity index is 2.50. The maximum atomic E-state index is 11.8. The van der Waals surface area contributed by atoms with E-state index in [1.54, 1.807) is 0 Å². The summed E-state index contributed by atoms with van der Waals surface area (Å²) in [6.45, 7) is 7.42. The number of carbonyl (C=O) groups is 1. The van der Waals surface area contributed by atoms with Gasteiger partial charge in [0.2, 0.25) is 5.91 Å². The van der Waals surface area contributed by atoms with Gasteiger partial charge in [-0.25, -0.2) is 0 Å². The van der Waals surface area contributed by atoms with Gasteiger partial charge in [-0.1, -0.05) is 0 Å². The normalized spacial score (nSPS) is 25.3. The largest absolute Gasteiger partial charge is 0.369 e. The summed E-state index contributed by atoms with van der Waals surface area (Å²) in [7, 11) is 0. The van der Waals surface area contributed by atoms with Gasteiger partial charge in [-0.3, -0.25) is 4.79 Å². The highest BCUT2D eigenvalue weighted by Crippen LogP contribution is 2.21. The minimum atomic E-state index is -0.228. The number of morpholine rings is 1. The van der Waals surface area contributed by atoms with Crippen molar-refractivity contribution in [2.24, 2.45) is 0 Å². The van der Waals surface area contributed by atoms with Crippen LogP contribution in [0.25, 0.3) is 0 Å². The predicted octanol–water partition coefficient (Wildman–Crippen LogP) is 2.03. The highest BCUT2D eigenvalue weighted by Gasteiger charge is 2.33. The summed E-state index contributed by atoms with van der Waals surface area (Å²) in [4.78, 5) is 13.7. The van der Waals surface area contributed by atoms with Crippen molar-refractivity contribution in [2.45, 2.75) is 45.3 Å². The van der Waals surface area contributed by atoms with Crippen molar-refractivity contribution in [3.8, 4) is 0 Å². The SMILES string of the molecule is CC1CN(C(=O)CCCCl)CC(C)(C)O1. The van der Waals surface area contributed by atoms with Gasteiger partial charge in [0.1, 0.15) is 0 Å². The van der Waals surface area contributed by atoms with E-state index in [0.717, 1.165) is 6.42 Å². The van der Waals surface area contributed by atoms with E-state index in [1.165, 1.54) is 0 Å². The molecule has 1 aliphatic rings. The van der Waals surface area contributed by atoms with Crippen LogP contribution in [0.1, 0.15) is 33.6 Å². The number of rotatable bonds is 3. The van der Waals surface area contributed by atoms with Crippen LogP contribution in [0.2, 0.25) is 0 Å². The molecule has 15 heavy (non-hydrogen) atoms. The van der Waals surface area contributed by atoms with E-state index < -0.39 is 0 Å². The predicted molar refractivity (Wildman–Crippen MR) is 61.2 cm³/mol. The lowest BCUT2D eigenvalue weighted by Gasteiger charge is -2.41. The first kappa shape index (κ1) is 12.8. The Labute approximate surface area is 96.7 Å². The quantitative estimate of drug-likeness (QED) is 0.699. The summed E-state index contributed by atoms with van der Waals surface area (Å²) in [6.07, 6.45) is 1.42. The van der Waals surface area contributed by atoms with Crippen LogP contribution in [-0.2, 0) is 9.53 Å². The molecule has 88 valence electrons. The molecule has 1 saturated heterocycles. The summed E-state index contributed by atoms with van der Waals surface area (Å²) < 4.78 is 5.74. The van der Waals surface area contributed by atoms with Crippen molar-refractivity contribution in [1.82, 2.24) is 4.90 Å². The zero-order valence-electron chi connectivity index (χ0n) is 9.75. The monoisotopic (exact) mass is 233 g/mol. The van der Waals surface area contributed by atoms with Gasteiger partial charge in [0.05, 0.1) is 11.7 Å². The van der Waals surface area contributed by atoms with Crippen LogP contribution in [0.3, 0.4) is 0 Å². The molecule has 1 atom stereocenters. The fraction of sp³-hybridized carbons (Fsp3) is 0.909. The van der Waals surface area contributed by atoms with Gasteiger partial charge < -0.3 is 9.64 Å². The van der Waals surface area contributed by atoms with Crippen LogP contribution in [0, 0.1) is 0 Å². The molecule has 0 saturated carbocycles. The minimum Gasteiger partial charge on any atom is -0.369 e. The third-order valence-electron chi connectivity index (χ3n) is 2.45. The van der Waals surface area contributed by atoms with E-state index in [1.807, 2.05) is 25.7 Å². The highest BCUT2D eigenvalue weighted by atomic mass is 35.5. The van der Waals surface area contributed by atoms with Gasteiger partial charge in [-0.05, 0) is 27.2 Å². The van der Waals surface area contributed by atoms with Gasteiger partial charge in [-0.15, -0.1) is 11.6 Å². The smallest absolute Gasteiger partial charge is 0.222 e. The molecule has 0 aromatic rings. The molecular weight excluding hydrogens is 214 g/mol. The number of carbonyl (C=O) groups excluding carboxylic acids is 1. The highest BCUT2D eigenvalue weighted by molar-refractivity contribution is 6.17. The lowest BCUT2D eigenvalue weighted by molar-refractivity contribution is -0.158. The maximum absolute atomic E-state index is 11.8. The first-order valence-electron chi connectivity index (χ1n) is 5.46. The average molecular weight is 234 g/mol. The summed E-state index contributed by atoms with van der Waals surface area (Å²) >= 11 is 5.57. The molecule has 0 aromatic heterocycles. The van der Waals surface area contributed by atoms with Gasteiger partial charge in [0.25, 0.3) is 0 Å². The number of halogens is 1. The lowest BCUT2D eigenvalue weighted by Crippen LogP contribution is -2.53. The number of alkyl halides is 1. The lowest BCUT2D eigenvalue weighted by atomic mass is 10.1. The molecule has 0 aliphatic carbocycles. The number of ether oxygens (including phenoxy) is 1. The molecule has 1 heterocycles. The molecule has 1 unspecified atom stereocenters. The molecule has 0 bridgehead atoms. The van der Waals surface area contributed by atoms with Crippen LogP contribution in [0.15, 0.2) is 0 Å². The standard InChI is InChI=1S/C11H20ClNO2/c1-9-7-13(8-11(2,3)15-9)10(14)5-4-6-12/h9H,4-8H2,1-3H3. The summed E-state index contributed by atoms with van der Waals surface area (Å²) in [5.41, 5.74) is -0.228. The van der Waals surface area contributed by atoms with E-state index in [0.29, 0.717) is 25.4 Å².